The molecule has 0 bridgehead atoms. The van der Waals surface area contributed by atoms with Gasteiger partial charge in [-0.15, -0.1) is 0 Å². The molecule has 4 rings (SSSR count). The summed E-state index contributed by atoms with van der Waals surface area (Å²) in [6.45, 7) is 2.11. The van der Waals surface area contributed by atoms with Gasteiger partial charge in [0.2, 0.25) is 0 Å². The number of fused-ring (bicyclic) bond motifs is 2. The molecular weight excluding hydrogens is 268 g/mol. The average molecular weight is 284 g/mol. The van der Waals surface area contributed by atoms with E-state index in [1.165, 1.54) is 32.9 Å². The zero-order valence-corrected chi connectivity index (χ0v) is 12.4. The second-order valence-corrected chi connectivity index (χ2v) is 5.46. The van der Waals surface area contributed by atoms with Crippen LogP contribution in [0.1, 0.15) is 17.0 Å². The predicted octanol–water partition coefficient (Wildman–Crippen LogP) is 5.19. The van der Waals surface area contributed by atoms with E-state index >= 15 is 0 Å². The zero-order chi connectivity index (χ0) is 14.9. The molecule has 0 radical (unpaired) electrons. The molecule has 0 unspecified atom stereocenters. The lowest BCUT2D eigenvalue weighted by Crippen LogP contribution is -1.83. The fraction of sp³-hybridized carbons (Fsp3) is 0.0500. The van der Waals surface area contributed by atoms with Crippen molar-refractivity contribution in [1.82, 2.24) is 9.97 Å². The van der Waals surface area contributed by atoms with Gasteiger partial charge in [0.25, 0.3) is 0 Å². The van der Waals surface area contributed by atoms with Crippen molar-refractivity contribution in [2.24, 2.45) is 0 Å². The van der Waals surface area contributed by atoms with Crippen LogP contribution in [-0.2, 0) is 0 Å². The van der Waals surface area contributed by atoms with E-state index in [-0.39, 0.29) is 0 Å². The third-order valence-electron chi connectivity index (χ3n) is 4.06. The first-order chi connectivity index (χ1) is 10.8. The minimum Gasteiger partial charge on any atom is -0.358 e. The lowest BCUT2D eigenvalue weighted by atomic mass is 10.1. The quantitative estimate of drug-likeness (QED) is 0.539. The van der Waals surface area contributed by atoms with Crippen LogP contribution in [0.15, 0.2) is 60.8 Å². The van der Waals surface area contributed by atoms with Crippen LogP contribution in [0.2, 0.25) is 0 Å². The smallest absolute Gasteiger partial charge is 0.0708 e. The van der Waals surface area contributed by atoms with Crippen molar-refractivity contribution in [3.8, 4) is 0 Å². The Bertz CT molecular complexity index is 988. The van der Waals surface area contributed by atoms with Crippen LogP contribution in [0.3, 0.4) is 0 Å². The maximum Gasteiger partial charge on any atom is 0.0708 e. The van der Waals surface area contributed by atoms with Crippen LogP contribution in [0.4, 0.5) is 0 Å². The molecule has 2 heterocycles. The minimum atomic E-state index is 1.00. The van der Waals surface area contributed by atoms with Crippen molar-refractivity contribution in [2.75, 3.05) is 0 Å². The van der Waals surface area contributed by atoms with Gasteiger partial charge in [-0.3, -0.25) is 4.98 Å². The fourth-order valence-electron chi connectivity index (χ4n) is 2.95. The van der Waals surface area contributed by atoms with Crippen LogP contribution in [0.25, 0.3) is 33.8 Å². The molecule has 0 aliphatic rings. The molecular formula is C20H16N2. The van der Waals surface area contributed by atoms with Gasteiger partial charge >= 0.3 is 0 Å². The van der Waals surface area contributed by atoms with Crippen LogP contribution < -0.4 is 0 Å². The van der Waals surface area contributed by atoms with Gasteiger partial charge in [0, 0.05) is 33.7 Å². The number of aryl methyl sites for hydroxylation is 1. The number of nitrogens with zero attached hydrogens (tertiary/aromatic N) is 1. The summed E-state index contributed by atoms with van der Waals surface area (Å²) in [5.41, 5.74) is 4.58. The second-order valence-electron chi connectivity index (χ2n) is 5.46. The van der Waals surface area contributed by atoms with Crippen LogP contribution in [-0.4, -0.2) is 9.97 Å². The average Bonchev–Trinajstić information content (AvgIpc) is 2.88. The Morgan fingerprint density at radius 2 is 1.64 bits per heavy atom. The Morgan fingerprint density at radius 1 is 0.864 bits per heavy atom. The van der Waals surface area contributed by atoms with Crippen molar-refractivity contribution in [3.63, 3.8) is 0 Å². The predicted molar refractivity (Wildman–Crippen MR) is 93.7 cm³/mol. The van der Waals surface area contributed by atoms with E-state index < -0.39 is 0 Å². The molecule has 0 atom stereocenters. The Morgan fingerprint density at radius 3 is 2.55 bits per heavy atom. The number of benzene rings is 2. The van der Waals surface area contributed by atoms with E-state index in [9.17, 15) is 0 Å². The highest BCUT2D eigenvalue weighted by Gasteiger charge is 2.05. The lowest BCUT2D eigenvalue weighted by molar-refractivity contribution is 1.29. The third kappa shape index (κ3) is 2.09. The number of aromatic amines is 1. The van der Waals surface area contributed by atoms with Crippen LogP contribution in [0.5, 0.6) is 0 Å². The summed E-state index contributed by atoms with van der Waals surface area (Å²) in [5, 5.41) is 3.64. The summed E-state index contributed by atoms with van der Waals surface area (Å²) < 4.78 is 0. The zero-order valence-electron chi connectivity index (χ0n) is 12.4. The first-order valence-corrected chi connectivity index (χ1v) is 7.42. The molecule has 0 saturated carbocycles. The number of hydrogen-bond acceptors (Lipinski definition) is 1. The number of aromatic nitrogens is 2. The van der Waals surface area contributed by atoms with E-state index in [2.05, 4.69) is 77.6 Å². The van der Waals surface area contributed by atoms with Gasteiger partial charge in [-0.1, -0.05) is 48.5 Å². The maximum absolute atomic E-state index is 4.52. The molecule has 0 saturated heterocycles. The van der Waals surface area contributed by atoms with Gasteiger partial charge in [0.15, 0.2) is 0 Å². The van der Waals surface area contributed by atoms with Gasteiger partial charge in [0.05, 0.1) is 5.69 Å². The SMILES string of the molecule is Cc1[nH]c2ccccc2c1C=Cc1nccc2ccccc12. The highest BCUT2D eigenvalue weighted by Crippen LogP contribution is 2.25. The summed E-state index contributed by atoms with van der Waals surface area (Å²) in [7, 11) is 0. The van der Waals surface area contributed by atoms with E-state index in [0.717, 1.165) is 5.69 Å². The van der Waals surface area contributed by atoms with E-state index in [4.69, 9.17) is 0 Å². The van der Waals surface area contributed by atoms with Gasteiger partial charge in [-0.2, -0.15) is 0 Å². The lowest BCUT2D eigenvalue weighted by Gasteiger charge is -2.01. The normalized spacial score (nSPS) is 11.7. The fourth-order valence-corrected chi connectivity index (χ4v) is 2.95. The van der Waals surface area contributed by atoms with Crippen LogP contribution >= 0.6 is 0 Å². The van der Waals surface area contributed by atoms with Gasteiger partial charge in [-0.05, 0) is 30.5 Å². The largest absolute Gasteiger partial charge is 0.358 e. The molecule has 2 nitrogen and oxygen atoms in total. The molecule has 0 aliphatic carbocycles. The van der Waals surface area contributed by atoms with Gasteiger partial charge in [-0.25, -0.2) is 0 Å². The van der Waals surface area contributed by atoms with Gasteiger partial charge in [0.1, 0.15) is 0 Å². The molecule has 0 fully saturated rings. The second kappa shape index (κ2) is 5.15. The number of rotatable bonds is 2. The molecule has 0 amide bonds. The van der Waals surface area contributed by atoms with Crippen LogP contribution in [0, 0.1) is 6.92 Å². The van der Waals surface area contributed by atoms with Crippen molar-refractivity contribution < 1.29 is 0 Å². The van der Waals surface area contributed by atoms with Crippen molar-refractivity contribution in [2.45, 2.75) is 6.92 Å². The summed E-state index contributed by atoms with van der Waals surface area (Å²) in [6.07, 6.45) is 6.12. The Kier molecular flexibility index (Phi) is 3.01. The summed E-state index contributed by atoms with van der Waals surface area (Å²) >= 11 is 0. The van der Waals surface area contributed by atoms with E-state index in [1.807, 2.05) is 12.3 Å². The first-order valence-electron chi connectivity index (χ1n) is 7.42. The molecule has 1 N–H and O–H groups in total. The molecule has 4 aromatic rings. The summed E-state index contributed by atoms with van der Waals surface area (Å²) in [6, 6.07) is 18.8. The van der Waals surface area contributed by atoms with Crippen molar-refractivity contribution >= 4 is 33.8 Å². The Balaban J connectivity index is 1.84. The standard InChI is InChI=1S/C20H16N2/c1-14-16(18-8-4-5-9-20(18)22-14)10-11-19-17-7-3-2-6-15(17)12-13-21-19/h2-13,22H,1H3. The number of nitrogens with one attached hydrogen (secondary N) is 1. The van der Waals surface area contributed by atoms with Gasteiger partial charge < -0.3 is 4.98 Å². The molecule has 2 aromatic carbocycles. The number of pyridine rings is 1. The molecule has 0 spiro atoms. The summed E-state index contributed by atoms with van der Waals surface area (Å²) in [4.78, 5) is 7.95. The molecule has 106 valence electrons. The molecule has 2 heteroatoms. The summed E-state index contributed by atoms with van der Waals surface area (Å²) in [5.74, 6) is 0. The number of H-pyrrole nitrogens is 1. The van der Waals surface area contributed by atoms with Crippen molar-refractivity contribution in [3.05, 3.63) is 77.7 Å². The van der Waals surface area contributed by atoms with Crippen molar-refractivity contribution in [1.29, 1.82) is 0 Å². The first kappa shape index (κ1) is 12.8. The maximum atomic E-state index is 4.52. The molecule has 22 heavy (non-hydrogen) atoms. The minimum absolute atomic E-state index is 1.00. The van der Waals surface area contributed by atoms with E-state index in [1.54, 1.807) is 0 Å². The number of hydrogen-bond donors (Lipinski definition) is 1. The highest BCUT2D eigenvalue weighted by atomic mass is 14.7. The monoisotopic (exact) mass is 284 g/mol. The molecule has 2 aromatic heterocycles. The molecule has 0 aliphatic heterocycles. The third-order valence-corrected chi connectivity index (χ3v) is 4.06. The topological polar surface area (TPSA) is 28.7 Å². The van der Waals surface area contributed by atoms with E-state index in [0.29, 0.717) is 0 Å². The highest BCUT2D eigenvalue weighted by molar-refractivity contribution is 5.96. The number of para-hydroxylation sites is 1. The Labute approximate surface area is 129 Å². The Hall–Kier alpha value is -2.87.